The quantitative estimate of drug-likeness (QED) is 0.322. The number of benzene rings is 2. The molecule has 0 aliphatic carbocycles. The monoisotopic (exact) mass is 662 g/mol. The van der Waals surface area contributed by atoms with Gasteiger partial charge in [0.05, 0.1) is 19.8 Å². The van der Waals surface area contributed by atoms with Crippen LogP contribution in [0.2, 0.25) is 0 Å². The summed E-state index contributed by atoms with van der Waals surface area (Å²) in [5, 5.41) is 23.3. The molecule has 0 amide bonds. The van der Waals surface area contributed by atoms with Gasteiger partial charge >= 0.3 is 0 Å². The molecule has 2 aromatic carbocycles. The number of aliphatic hydroxyl groups is 2. The van der Waals surface area contributed by atoms with Crippen molar-refractivity contribution in [1.82, 2.24) is 0 Å². The SMILES string of the molecule is COCO[C@H](C(O)O[C@@H]1O[C@@H]2COC(c3ccccc3)O[C@H]2[C@H](OCc2ccccc2)[C@@H]1O)[C@H]1OC(C)(C)O[C@@H]1[C@@H]1COC(C)(C)O1. The molecule has 4 fully saturated rings. The molecule has 4 aliphatic heterocycles. The maximum atomic E-state index is 11.7. The fourth-order valence-corrected chi connectivity index (χ4v) is 6.35. The molecule has 260 valence electrons. The van der Waals surface area contributed by atoms with Crippen molar-refractivity contribution in [2.45, 2.75) is 114 Å². The van der Waals surface area contributed by atoms with Gasteiger partial charge in [-0.25, -0.2) is 0 Å². The van der Waals surface area contributed by atoms with Gasteiger partial charge < -0.3 is 62.3 Å². The Morgan fingerprint density at radius 1 is 0.851 bits per heavy atom. The third kappa shape index (κ3) is 8.22. The summed E-state index contributed by atoms with van der Waals surface area (Å²) >= 11 is 0. The van der Waals surface area contributed by atoms with Crippen LogP contribution in [0.1, 0.15) is 45.1 Å². The normalized spacial score (nSPS) is 36.1. The minimum atomic E-state index is -1.67. The van der Waals surface area contributed by atoms with Crippen molar-refractivity contribution >= 4 is 0 Å². The number of fused-ring (bicyclic) bond motifs is 1. The van der Waals surface area contributed by atoms with Crippen LogP contribution in [-0.4, -0.2) is 110 Å². The van der Waals surface area contributed by atoms with Crippen LogP contribution in [0.5, 0.6) is 0 Å². The Kier molecular flexibility index (Phi) is 11.0. The number of methoxy groups -OCH3 is 1. The maximum absolute atomic E-state index is 11.7. The van der Waals surface area contributed by atoms with Gasteiger partial charge in [0, 0.05) is 12.7 Å². The lowest BCUT2D eigenvalue weighted by Crippen LogP contribution is -2.64. The van der Waals surface area contributed by atoms with Gasteiger partial charge in [-0.15, -0.1) is 0 Å². The van der Waals surface area contributed by atoms with Crippen molar-refractivity contribution in [3.8, 4) is 0 Å². The molecule has 0 radical (unpaired) electrons. The summed E-state index contributed by atoms with van der Waals surface area (Å²) in [6.07, 6.45) is -10.6. The van der Waals surface area contributed by atoms with Crippen LogP contribution in [0.15, 0.2) is 60.7 Å². The zero-order valence-corrected chi connectivity index (χ0v) is 27.3. The van der Waals surface area contributed by atoms with Crippen LogP contribution in [0.3, 0.4) is 0 Å². The van der Waals surface area contributed by atoms with Gasteiger partial charge in [0.2, 0.25) is 0 Å². The molecule has 2 aromatic rings. The molecule has 11 atom stereocenters. The van der Waals surface area contributed by atoms with Crippen molar-refractivity contribution in [3.63, 3.8) is 0 Å². The molecule has 2 N–H and O–H groups in total. The van der Waals surface area contributed by atoms with E-state index < -0.39 is 79.3 Å². The first-order chi connectivity index (χ1) is 22.5. The van der Waals surface area contributed by atoms with Crippen LogP contribution in [0.25, 0.3) is 0 Å². The Morgan fingerprint density at radius 3 is 2.26 bits per heavy atom. The van der Waals surface area contributed by atoms with Gasteiger partial charge in [-0.1, -0.05) is 60.7 Å². The first-order valence-corrected chi connectivity index (χ1v) is 16.0. The van der Waals surface area contributed by atoms with E-state index >= 15 is 0 Å². The fourth-order valence-electron chi connectivity index (χ4n) is 6.35. The van der Waals surface area contributed by atoms with E-state index in [9.17, 15) is 10.2 Å². The summed E-state index contributed by atoms with van der Waals surface area (Å²) in [5.41, 5.74) is 1.73. The Morgan fingerprint density at radius 2 is 1.57 bits per heavy atom. The number of hydrogen-bond donors (Lipinski definition) is 2. The van der Waals surface area contributed by atoms with Crippen LogP contribution in [0.4, 0.5) is 0 Å². The number of ether oxygens (including phenoxy) is 11. The lowest BCUT2D eigenvalue weighted by molar-refractivity contribution is -0.389. The van der Waals surface area contributed by atoms with Crippen molar-refractivity contribution in [2.24, 2.45) is 0 Å². The first-order valence-electron chi connectivity index (χ1n) is 16.0. The Bertz CT molecular complexity index is 1260. The highest BCUT2D eigenvalue weighted by molar-refractivity contribution is 5.17. The van der Waals surface area contributed by atoms with Crippen molar-refractivity contribution in [3.05, 3.63) is 71.8 Å². The molecule has 4 heterocycles. The average molecular weight is 663 g/mol. The highest BCUT2D eigenvalue weighted by Crippen LogP contribution is 2.40. The van der Waals surface area contributed by atoms with E-state index in [1.54, 1.807) is 13.8 Å². The van der Waals surface area contributed by atoms with Crippen LogP contribution in [-0.2, 0) is 58.7 Å². The fraction of sp³-hybridized carbons (Fsp3) is 0.647. The molecule has 2 unspecified atom stereocenters. The molecular formula is C34H46O13. The molecule has 6 rings (SSSR count). The highest BCUT2D eigenvalue weighted by Gasteiger charge is 2.56. The molecule has 4 saturated heterocycles. The Balaban J connectivity index is 1.21. The van der Waals surface area contributed by atoms with Crippen LogP contribution in [0, 0.1) is 0 Å². The van der Waals surface area contributed by atoms with E-state index in [1.165, 1.54) is 7.11 Å². The van der Waals surface area contributed by atoms with Crippen molar-refractivity contribution < 1.29 is 62.3 Å². The van der Waals surface area contributed by atoms with Gasteiger partial charge in [0.25, 0.3) is 0 Å². The van der Waals surface area contributed by atoms with Gasteiger partial charge in [-0.3, -0.25) is 0 Å². The summed E-state index contributed by atoms with van der Waals surface area (Å²) in [6.45, 7) is 7.54. The van der Waals surface area contributed by atoms with Gasteiger partial charge in [-0.2, -0.15) is 0 Å². The van der Waals surface area contributed by atoms with Gasteiger partial charge in [-0.05, 0) is 33.3 Å². The van der Waals surface area contributed by atoms with E-state index in [2.05, 4.69) is 0 Å². The van der Waals surface area contributed by atoms with Gasteiger partial charge in [0.15, 0.2) is 30.4 Å². The molecule has 0 aromatic heterocycles. The summed E-state index contributed by atoms with van der Waals surface area (Å²) in [7, 11) is 1.46. The molecular weight excluding hydrogens is 616 g/mol. The topological polar surface area (TPSA) is 142 Å². The summed E-state index contributed by atoms with van der Waals surface area (Å²) < 4.78 is 66.3. The molecule has 4 aliphatic rings. The van der Waals surface area contributed by atoms with E-state index in [4.69, 9.17) is 52.1 Å². The second-order valence-corrected chi connectivity index (χ2v) is 13.0. The molecule has 13 heteroatoms. The molecule has 13 nitrogen and oxygen atoms in total. The first kappa shape index (κ1) is 34.8. The predicted octanol–water partition coefficient (Wildman–Crippen LogP) is 2.77. The summed E-state index contributed by atoms with van der Waals surface area (Å²) in [5.74, 6) is -1.85. The van der Waals surface area contributed by atoms with E-state index in [-0.39, 0.29) is 26.6 Å². The van der Waals surface area contributed by atoms with Crippen molar-refractivity contribution in [1.29, 1.82) is 0 Å². The lowest BCUT2D eigenvalue weighted by Gasteiger charge is -2.48. The number of aliphatic hydroxyl groups excluding tert-OH is 2. The molecule has 47 heavy (non-hydrogen) atoms. The third-order valence-electron chi connectivity index (χ3n) is 8.48. The Labute approximate surface area is 274 Å². The van der Waals surface area contributed by atoms with Crippen LogP contribution < -0.4 is 0 Å². The largest absolute Gasteiger partial charge is 0.385 e. The molecule has 0 bridgehead atoms. The third-order valence-corrected chi connectivity index (χ3v) is 8.48. The number of hydrogen-bond acceptors (Lipinski definition) is 13. The minimum absolute atomic E-state index is 0.131. The van der Waals surface area contributed by atoms with Crippen LogP contribution >= 0.6 is 0 Å². The van der Waals surface area contributed by atoms with E-state index in [1.807, 2.05) is 74.5 Å². The van der Waals surface area contributed by atoms with E-state index in [0.29, 0.717) is 0 Å². The molecule has 0 spiro atoms. The lowest BCUT2D eigenvalue weighted by atomic mass is 9.97. The second kappa shape index (κ2) is 14.8. The summed E-state index contributed by atoms with van der Waals surface area (Å²) in [4.78, 5) is 0. The smallest absolute Gasteiger partial charge is 0.189 e. The summed E-state index contributed by atoms with van der Waals surface area (Å²) in [6, 6.07) is 19.1. The zero-order chi connectivity index (χ0) is 33.2. The maximum Gasteiger partial charge on any atom is 0.189 e. The zero-order valence-electron chi connectivity index (χ0n) is 27.3. The predicted molar refractivity (Wildman–Crippen MR) is 162 cm³/mol. The average Bonchev–Trinajstić information content (AvgIpc) is 3.59. The van der Waals surface area contributed by atoms with E-state index in [0.717, 1.165) is 11.1 Å². The van der Waals surface area contributed by atoms with Gasteiger partial charge in [0.1, 0.15) is 55.6 Å². The second-order valence-electron chi connectivity index (χ2n) is 13.0. The standard InChI is InChI=1S/C34H46O13/c1-33(2)41-18-23(45-33)26-28(47-34(3,4)46-26)29(40-19-37-5)30(36)44-32-24(35)27(38-16-20-12-8-6-9-13-20)25-22(42-32)17-39-31(43-25)21-14-10-7-11-15-21/h6-15,22-32,35-36H,16-19H2,1-5H3/t22-,23+,24+,25-,26-,27-,28+,29+,30?,31?,32+/m1/s1. The van der Waals surface area contributed by atoms with Crippen molar-refractivity contribution in [2.75, 3.05) is 27.1 Å². The molecule has 0 saturated carbocycles. The number of rotatable bonds is 12. The minimum Gasteiger partial charge on any atom is -0.385 e. The Hall–Kier alpha value is -2.08. The highest BCUT2D eigenvalue weighted by atomic mass is 16.8.